The smallest absolute Gasteiger partial charge is 0.263 e. The van der Waals surface area contributed by atoms with E-state index in [0.717, 1.165) is 25.9 Å². The van der Waals surface area contributed by atoms with Crippen LogP contribution < -0.4 is 10.6 Å². The van der Waals surface area contributed by atoms with Gasteiger partial charge >= 0.3 is 0 Å². The number of halogens is 3. The van der Waals surface area contributed by atoms with Gasteiger partial charge in [0.1, 0.15) is 15.7 Å². The van der Waals surface area contributed by atoms with Crippen LogP contribution in [0.5, 0.6) is 0 Å². The Kier molecular flexibility index (Phi) is 7.91. The summed E-state index contributed by atoms with van der Waals surface area (Å²) in [7, 11) is 0. The summed E-state index contributed by atoms with van der Waals surface area (Å²) < 4.78 is 13.7. The molecule has 1 aromatic heterocycles. The zero-order valence-corrected chi connectivity index (χ0v) is 14.7. The summed E-state index contributed by atoms with van der Waals surface area (Å²) in [6.45, 7) is 1.80. The molecule has 1 aliphatic heterocycles. The molecule has 0 spiro atoms. The van der Waals surface area contributed by atoms with Crippen LogP contribution in [0.25, 0.3) is 10.6 Å². The number of amides is 1. The third kappa shape index (κ3) is 4.88. The Morgan fingerprint density at radius 1 is 1.35 bits per heavy atom. The minimum absolute atomic E-state index is 0. The standard InChI is InChI=1S/C15H16FN3OS.2ClH/c16-12-6-2-1-5-11(12)15-18-9-13(21-15)14(20)19-10-4-3-7-17-8-10;;/h1-2,5-6,9-10,17H,3-4,7-8H2,(H,19,20);2*1H/t10-;;/m0../s1. The van der Waals surface area contributed by atoms with E-state index in [1.165, 1.54) is 23.6 Å². The predicted molar refractivity (Wildman–Crippen MR) is 95.4 cm³/mol. The lowest BCUT2D eigenvalue weighted by molar-refractivity contribution is 0.0934. The number of thiazole rings is 1. The van der Waals surface area contributed by atoms with Crippen LogP contribution in [-0.4, -0.2) is 30.0 Å². The summed E-state index contributed by atoms with van der Waals surface area (Å²) in [6, 6.07) is 6.61. The molecule has 1 atom stereocenters. The maximum absolute atomic E-state index is 13.7. The molecule has 0 unspecified atom stereocenters. The Morgan fingerprint density at radius 3 is 2.83 bits per heavy atom. The molecule has 4 nitrogen and oxygen atoms in total. The van der Waals surface area contributed by atoms with Crippen molar-refractivity contribution in [2.75, 3.05) is 13.1 Å². The lowest BCUT2D eigenvalue weighted by Gasteiger charge is -2.23. The van der Waals surface area contributed by atoms with E-state index in [1.807, 2.05) is 0 Å². The van der Waals surface area contributed by atoms with Gasteiger partial charge in [-0.3, -0.25) is 4.79 Å². The number of carbonyl (C=O) groups excluding carboxylic acids is 1. The largest absolute Gasteiger partial charge is 0.347 e. The highest BCUT2D eigenvalue weighted by atomic mass is 35.5. The number of nitrogens with zero attached hydrogens (tertiary/aromatic N) is 1. The van der Waals surface area contributed by atoms with Gasteiger partial charge in [0.15, 0.2) is 0 Å². The first kappa shape index (κ1) is 19.8. The predicted octanol–water partition coefficient (Wildman–Crippen LogP) is 3.27. The van der Waals surface area contributed by atoms with Gasteiger partial charge in [0.05, 0.1) is 6.20 Å². The molecule has 1 aliphatic rings. The molecule has 1 fully saturated rings. The molecule has 23 heavy (non-hydrogen) atoms. The molecule has 1 aromatic carbocycles. The molecule has 8 heteroatoms. The van der Waals surface area contributed by atoms with Crippen molar-refractivity contribution < 1.29 is 9.18 Å². The van der Waals surface area contributed by atoms with E-state index in [9.17, 15) is 9.18 Å². The molecule has 2 aromatic rings. The number of nitrogens with one attached hydrogen (secondary N) is 2. The van der Waals surface area contributed by atoms with Crippen molar-refractivity contribution >= 4 is 42.1 Å². The van der Waals surface area contributed by atoms with E-state index in [-0.39, 0.29) is 42.6 Å². The Bertz CT molecular complexity index is 647. The van der Waals surface area contributed by atoms with Crippen LogP contribution in [-0.2, 0) is 0 Å². The Labute approximate surface area is 150 Å². The van der Waals surface area contributed by atoms with Crippen molar-refractivity contribution in [1.29, 1.82) is 0 Å². The van der Waals surface area contributed by atoms with Gasteiger partial charge in [-0.05, 0) is 31.5 Å². The van der Waals surface area contributed by atoms with Crippen molar-refractivity contribution in [1.82, 2.24) is 15.6 Å². The fourth-order valence-electron chi connectivity index (χ4n) is 2.37. The maximum atomic E-state index is 13.7. The number of aromatic nitrogens is 1. The molecule has 2 heterocycles. The van der Waals surface area contributed by atoms with Crippen LogP contribution in [0.15, 0.2) is 30.5 Å². The van der Waals surface area contributed by atoms with E-state index in [4.69, 9.17) is 0 Å². The van der Waals surface area contributed by atoms with E-state index in [0.29, 0.717) is 15.4 Å². The van der Waals surface area contributed by atoms with Crippen LogP contribution in [0.3, 0.4) is 0 Å². The zero-order chi connectivity index (χ0) is 14.7. The topological polar surface area (TPSA) is 54.0 Å². The molecule has 1 saturated heterocycles. The first-order chi connectivity index (χ1) is 10.2. The maximum Gasteiger partial charge on any atom is 0.263 e. The second-order valence-corrected chi connectivity index (χ2v) is 6.06. The van der Waals surface area contributed by atoms with Crippen molar-refractivity contribution in [2.24, 2.45) is 0 Å². The van der Waals surface area contributed by atoms with Crippen LogP contribution in [0, 0.1) is 5.82 Å². The molecule has 126 valence electrons. The molecular weight excluding hydrogens is 360 g/mol. The lowest BCUT2D eigenvalue weighted by Crippen LogP contribution is -2.45. The van der Waals surface area contributed by atoms with Crippen LogP contribution in [0.1, 0.15) is 22.5 Å². The van der Waals surface area contributed by atoms with Crippen molar-refractivity contribution in [3.8, 4) is 10.6 Å². The summed E-state index contributed by atoms with van der Waals surface area (Å²) in [6.07, 6.45) is 3.56. The SMILES string of the molecule is Cl.Cl.O=C(N[C@H]1CCCNC1)c1cnc(-c2ccccc2F)s1. The lowest BCUT2D eigenvalue weighted by atomic mass is 10.1. The van der Waals surface area contributed by atoms with Crippen LogP contribution in [0.4, 0.5) is 4.39 Å². The van der Waals surface area contributed by atoms with Crippen LogP contribution >= 0.6 is 36.2 Å². The fourth-order valence-corrected chi connectivity index (χ4v) is 3.22. The van der Waals surface area contributed by atoms with Gasteiger partial charge < -0.3 is 10.6 Å². The Hall–Kier alpha value is -1.21. The van der Waals surface area contributed by atoms with Crippen molar-refractivity contribution in [3.63, 3.8) is 0 Å². The molecule has 3 rings (SSSR count). The molecular formula is C15H18Cl2FN3OS. The highest BCUT2D eigenvalue weighted by Crippen LogP contribution is 2.27. The first-order valence-electron chi connectivity index (χ1n) is 6.96. The molecule has 2 N–H and O–H groups in total. The van der Waals surface area contributed by atoms with Crippen molar-refractivity contribution in [3.05, 3.63) is 41.2 Å². The minimum atomic E-state index is -0.324. The average molecular weight is 378 g/mol. The van der Waals surface area contributed by atoms with Gasteiger partial charge in [0.25, 0.3) is 5.91 Å². The number of carbonyl (C=O) groups is 1. The average Bonchev–Trinajstić information content (AvgIpc) is 2.98. The summed E-state index contributed by atoms with van der Waals surface area (Å²) in [4.78, 5) is 16.9. The number of hydrogen-bond acceptors (Lipinski definition) is 4. The molecule has 0 saturated carbocycles. The molecule has 0 radical (unpaired) electrons. The number of piperidine rings is 1. The number of hydrogen-bond donors (Lipinski definition) is 2. The second kappa shape index (κ2) is 9.17. The van der Waals surface area contributed by atoms with Gasteiger partial charge in [0, 0.05) is 18.2 Å². The molecule has 0 bridgehead atoms. The van der Waals surface area contributed by atoms with E-state index < -0.39 is 0 Å². The summed E-state index contributed by atoms with van der Waals surface area (Å²) >= 11 is 1.21. The molecule has 1 amide bonds. The van der Waals surface area contributed by atoms with Gasteiger partial charge in [-0.2, -0.15) is 0 Å². The van der Waals surface area contributed by atoms with Gasteiger partial charge in [-0.1, -0.05) is 12.1 Å². The normalized spacial score (nSPS) is 16.8. The monoisotopic (exact) mass is 377 g/mol. The summed E-state index contributed by atoms with van der Waals surface area (Å²) in [5, 5.41) is 6.77. The Morgan fingerprint density at radius 2 is 2.13 bits per heavy atom. The van der Waals surface area contributed by atoms with Gasteiger partial charge in [-0.15, -0.1) is 36.2 Å². The Balaban J connectivity index is 0.00000132. The fraction of sp³-hybridized carbons (Fsp3) is 0.333. The number of rotatable bonds is 3. The van der Waals surface area contributed by atoms with Crippen molar-refractivity contribution in [2.45, 2.75) is 18.9 Å². The van der Waals surface area contributed by atoms with Crippen LogP contribution in [0.2, 0.25) is 0 Å². The second-order valence-electron chi connectivity index (χ2n) is 5.03. The highest BCUT2D eigenvalue weighted by Gasteiger charge is 2.18. The third-order valence-electron chi connectivity index (χ3n) is 3.47. The summed E-state index contributed by atoms with van der Waals surface area (Å²) in [5.74, 6) is -0.459. The number of benzene rings is 1. The minimum Gasteiger partial charge on any atom is -0.347 e. The van der Waals surface area contributed by atoms with E-state index in [1.54, 1.807) is 18.2 Å². The van der Waals surface area contributed by atoms with Gasteiger partial charge in [0.2, 0.25) is 0 Å². The summed E-state index contributed by atoms with van der Waals surface area (Å²) in [5.41, 5.74) is 0.431. The van der Waals surface area contributed by atoms with E-state index in [2.05, 4.69) is 15.6 Å². The zero-order valence-electron chi connectivity index (χ0n) is 12.3. The molecule has 0 aliphatic carbocycles. The highest BCUT2D eigenvalue weighted by molar-refractivity contribution is 7.16. The first-order valence-corrected chi connectivity index (χ1v) is 7.78. The quantitative estimate of drug-likeness (QED) is 0.862. The van der Waals surface area contributed by atoms with E-state index >= 15 is 0 Å². The van der Waals surface area contributed by atoms with Gasteiger partial charge in [-0.25, -0.2) is 9.37 Å². The third-order valence-corrected chi connectivity index (χ3v) is 4.50.